The molecule has 0 saturated carbocycles. The largest absolute Gasteiger partial charge is 0.298 e. The van der Waals surface area contributed by atoms with Gasteiger partial charge in [-0.15, -0.1) is 0 Å². The van der Waals surface area contributed by atoms with Crippen LogP contribution >= 0.6 is 0 Å². The van der Waals surface area contributed by atoms with Crippen molar-refractivity contribution >= 4 is 9.84 Å². The van der Waals surface area contributed by atoms with Gasteiger partial charge in [0, 0.05) is 38.3 Å². The van der Waals surface area contributed by atoms with Crippen LogP contribution in [0.2, 0.25) is 0 Å². The second-order valence-corrected chi connectivity index (χ2v) is 9.17. The third kappa shape index (κ3) is 3.97. The van der Waals surface area contributed by atoms with Crippen LogP contribution in [0, 0.1) is 11.3 Å². The molecule has 1 atom stereocenters. The molecule has 0 amide bonds. The van der Waals surface area contributed by atoms with Crippen molar-refractivity contribution in [1.82, 2.24) is 9.80 Å². The molecule has 0 N–H and O–H groups in total. The minimum Gasteiger partial charge on any atom is -0.298 e. The molecule has 0 spiro atoms. The Labute approximate surface area is 144 Å². The number of benzene rings is 1. The fourth-order valence-corrected chi connectivity index (χ4v) is 5.01. The second kappa shape index (κ2) is 7.22. The Kier molecular flexibility index (Phi) is 5.24. The number of sulfone groups is 1. The van der Waals surface area contributed by atoms with E-state index in [4.69, 9.17) is 5.26 Å². The van der Waals surface area contributed by atoms with Crippen LogP contribution < -0.4 is 0 Å². The van der Waals surface area contributed by atoms with Gasteiger partial charge in [0.25, 0.3) is 0 Å². The highest BCUT2D eigenvalue weighted by Crippen LogP contribution is 2.26. The van der Waals surface area contributed by atoms with E-state index in [-0.39, 0.29) is 0 Å². The van der Waals surface area contributed by atoms with E-state index in [0.29, 0.717) is 42.2 Å². The summed E-state index contributed by atoms with van der Waals surface area (Å²) in [5.74, 6) is 0.629. The molecular weight excluding hydrogens is 322 g/mol. The zero-order valence-corrected chi connectivity index (χ0v) is 15.0. The molecule has 2 aliphatic heterocycles. The molecule has 5 nitrogen and oxygen atoms in total. The third-order valence-corrected chi connectivity index (χ3v) is 7.07. The molecule has 2 aliphatic rings. The van der Waals surface area contributed by atoms with E-state index in [0.717, 1.165) is 25.9 Å². The Hall–Kier alpha value is -1.42. The molecule has 130 valence electrons. The summed E-state index contributed by atoms with van der Waals surface area (Å²) >= 11 is 0. The van der Waals surface area contributed by atoms with E-state index < -0.39 is 9.84 Å². The highest BCUT2D eigenvalue weighted by molar-refractivity contribution is 7.91. The van der Waals surface area contributed by atoms with E-state index in [9.17, 15) is 8.42 Å². The molecule has 6 heteroatoms. The van der Waals surface area contributed by atoms with Crippen molar-refractivity contribution in [3.05, 3.63) is 35.4 Å². The predicted octanol–water partition coefficient (Wildman–Crippen LogP) is 1.81. The summed E-state index contributed by atoms with van der Waals surface area (Å²) in [6.07, 6.45) is 2.20. The predicted molar refractivity (Wildman–Crippen MR) is 94.4 cm³/mol. The van der Waals surface area contributed by atoms with Crippen molar-refractivity contribution in [1.29, 1.82) is 5.26 Å². The summed E-state index contributed by atoms with van der Waals surface area (Å²) in [6.45, 7) is 5.68. The van der Waals surface area contributed by atoms with Gasteiger partial charge in [-0.05, 0) is 37.5 Å². The smallest absolute Gasteiger partial charge is 0.152 e. The lowest BCUT2D eigenvalue weighted by molar-refractivity contribution is 0.0927. The van der Waals surface area contributed by atoms with Crippen molar-refractivity contribution < 1.29 is 8.42 Å². The van der Waals surface area contributed by atoms with Gasteiger partial charge in [-0.3, -0.25) is 9.80 Å². The van der Waals surface area contributed by atoms with Gasteiger partial charge in [0.2, 0.25) is 0 Å². The molecule has 3 rings (SSSR count). The monoisotopic (exact) mass is 347 g/mol. The van der Waals surface area contributed by atoms with Gasteiger partial charge in [0.15, 0.2) is 9.84 Å². The zero-order valence-electron chi connectivity index (χ0n) is 14.2. The van der Waals surface area contributed by atoms with Crippen LogP contribution in [0.3, 0.4) is 0 Å². The van der Waals surface area contributed by atoms with Crippen molar-refractivity contribution in [3.8, 4) is 6.07 Å². The topological polar surface area (TPSA) is 64.4 Å². The number of hydrogen-bond acceptors (Lipinski definition) is 5. The van der Waals surface area contributed by atoms with E-state index >= 15 is 0 Å². The van der Waals surface area contributed by atoms with Crippen LogP contribution in [0.4, 0.5) is 0 Å². The molecule has 1 aromatic carbocycles. The van der Waals surface area contributed by atoms with Gasteiger partial charge in [-0.1, -0.05) is 12.1 Å². The van der Waals surface area contributed by atoms with Crippen LogP contribution in [0.25, 0.3) is 0 Å². The highest BCUT2D eigenvalue weighted by Gasteiger charge is 2.30. The molecule has 0 bridgehead atoms. The van der Waals surface area contributed by atoms with Crippen molar-refractivity contribution in [2.75, 3.05) is 37.7 Å². The van der Waals surface area contributed by atoms with Crippen LogP contribution in [-0.4, -0.2) is 61.9 Å². The van der Waals surface area contributed by atoms with Gasteiger partial charge < -0.3 is 0 Å². The Bertz CT molecular complexity index is 687. The highest BCUT2D eigenvalue weighted by atomic mass is 32.2. The van der Waals surface area contributed by atoms with Crippen LogP contribution in [0.15, 0.2) is 24.3 Å². The number of rotatable bonds is 3. The van der Waals surface area contributed by atoms with Crippen LogP contribution in [0.1, 0.15) is 36.9 Å². The number of likely N-dealkylation sites (tertiary alicyclic amines) is 1. The molecule has 0 radical (unpaired) electrons. The summed E-state index contributed by atoms with van der Waals surface area (Å²) in [5.41, 5.74) is 1.95. The Morgan fingerprint density at radius 2 is 1.67 bits per heavy atom. The average Bonchev–Trinajstić information content (AvgIpc) is 2.61. The maximum absolute atomic E-state index is 11.6. The lowest BCUT2D eigenvalue weighted by Crippen LogP contribution is -2.50. The first-order valence-corrected chi connectivity index (χ1v) is 10.5. The van der Waals surface area contributed by atoms with Gasteiger partial charge >= 0.3 is 0 Å². The summed E-state index contributed by atoms with van der Waals surface area (Å²) in [6, 6.07) is 10.9. The summed E-state index contributed by atoms with van der Waals surface area (Å²) in [5, 5.41) is 8.90. The molecule has 0 unspecified atom stereocenters. The molecule has 0 aliphatic carbocycles. The zero-order chi connectivity index (χ0) is 17.2. The summed E-state index contributed by atoms with van der Waals surface area (Å²) < 4.78 is 23.1. The van der Waals surface area contributed by atoms with Crippen molar-refractivity contribution in [2.24, 2.45) is 0 Å². The molecule has 2 saturated heterocycles. The summed E-state index contributed by atoms with van der Waals surface area (Å²) in [4.78, 5) is 4.85. The maximum atomic E-state index is 11.6. The Morgan fingerprint density at radius 3 is 2.21 bits per heavy atom. The number of piperidine rings is 1. The fraction of sp³-hybridized carbons (Fsp3) is 0.611. The average molecular weight is 347 g/mol. The first-order chi connectivity index (χ1) is 11.5. The van der Waals surface area contributed by atoms with E-state index in [2.05, 4.69) is 22.8 Å². The van der Waals surface area contributed by atoms with Gasteiger partial charge in [0.1, 0.15) is 0 Å². The van der Waals surface area contributed by atoms with E-state index in [1.807, 2.05) is 24.3 Å². The first kappa shape index (κ1) is 17.4. The molecular formula is C18H25N3O2S. The minimum absolute atomic E-state index is 0.314. The maximum Gasteiger partial charge on any atom is 0.152 e. The fourth-order valence-electron chi connectivity index (χ4n) is 3.78. The molecule has 1 aromatic rings. The quantitative estimate of drug-likeness (QED) is 0.834. The lowest BCUT2D eigenvalue weighted by Gasteiger charge is -2.42. The van der Waals surface area contributed by atoms with E-state index in [1.165, 1.54) is 5.56 Å². The van der Waals surface area contributed by atoms with E-state index in [1.54, 1.807) is 0 Å². The van der Waals surface area contributed by atoms with Gasteiger partial charge in [0.05, 0.1) is 23.1 Å². The second-order valence-electron chi connectivity index (χ2n) is 6.86. The first-order valence-electron chi connectivity index (χ1n) is 8.67. The number of hydrogen-bond donors (Lipinski definition) is 0. The molecule has 2 fully saturated rings. The Morgan fingerprint density at radius 1 is 1.08 bits per heavy atom. The molecule has 24 heavy (non-hydrogen) atoms. The SMILES string of the molecule is C[C@H](c1ccc(C#N)cc1)N1CCC(N2CCS(=O)(=O)CC2)CC1. The minimum atomic E-state index is -2.80. The number of nitriles is 1. The Balaban J connectivity index is 1.54. The van der Waals surface area contributed by atoms with Gasteiger partial charge in [-0.2, -0.15) is 5.26 Å². The standard InChI is InChI=1S/C18H25N3O2S/c1-15(17-4-2-16(14-19)3-5-17)20-8-6-18(7-9-20)21-10-12-24(22,23)13-11-21/h2-5,15,18H,6-13H2,1H3/t15-/m1/s1. The van der Waals surface area contributed by atoms with Crippen molar-refractivity contribution in [2.45, 2.75) is 31.8 Å². The van der Waals surface area contributed by atoms with Crippen LogP contribution in [0.5, 0.6) is 0 Å². The lowest BCUT2D eigenvalue weighted by atomic mass is 9.98. The van der Waals surface area contributed by atoms with Gasteiger partial charge in [-0.25, -0.2) is 8.42 Å². The third-order valence-electron chi connectivity index (χ3n) is 5.46. The molecule has 0 aromatic heterocycles. The normalized spacial score (nSPS) is 24.3. The molecule has 2 heterocycles. The number of nitrogens with zero attached hydrogens (tertiary/aromatic N) is 3. The van der Waals surface area contributed by atoms with Crippen LogP contribution in [-0.2, 0) is 9.84 Å². The summed E-state index contributed by atoms with van der Waals surface area (Å²) in [7, 11) is -2.80. The van der Waals surface area contributed by atoms with Crippen molar-refractivity contribution in [3.63, 3.8) is 0 Å².